The lowest BCUT2D eigenvalue weighted by molar-refractivity contribution is -0.119. The number of hydrogen-bond donors (Lipinski definition) is 1. The molecule has 0 aliphatic heterocycles. The van der Waals surface area contributed by atoms with Crippen molar-refractivity contribution in [3.05, 3.63) is 34.1 Å². The first-order valence-electron chi connectivity index (χ1n) is 5.26. The lowest BCUT2D eigenvalue weighted by Gasteiger charge is -2.10. The number of rotatable bonds is 5. The van der Waals surface area contributed by atoms with Gasteiger partial charge >= 0.3 is 0 Å². The Morgan fingerprint density at radius 3 is 2.81 bits per heavy atom. The Morgan fingerprint density at radius 2 is 2.25 bits per heavy atom. The van der Waals surface area contributed by atoms with Crippen molar-refractivity contribution in [1.29, 1.82) is 0 Å². The van der Waals surface area contributed by atoms with E-state index in [1.54, 1.807) is 6.07 Å². The first-order chi connectivity index (χ1) is 7.54. The predicted molar refractivity (Wildman–Crippen MR) is 65.7 cm³/mol. The summed E-state index contributed by atoms with van der Waals surface area (Å²) in [5, 5.41) is 0. The maximum Gasteiger partial charge on any atom is 0.153 e. The molecule has 0 heterocycles. The summed E-state index contributed by atoms with van der Waals surface area (Å²) in [4.78, 5) is 11.7. The van der Waals surface area contributed by atoms with Crippen LogP contribution in [-0.4, -0.2) is 11.8 Å². The van der Waals surface area contributed by atoms with Crippen molar-refractivity contribution < 1.29 is 9.18 Å². The van der Waals surface area contributed by atoms with Crippen LogP contribution in [0.3, 0.4) is 0 Å². The van der Waals surface area contributed by atoms with Crippen LogP contribution in [0.1, 0.15) is 25.3 Å². The van der Waals surface area contributed by atoms with E-state index in [9.17, 15) is 9.18 Å². The van der Waals surface area contributed by atoms with Gasteiger partial charge in [0.1, 0.15) is 5.82 Å². The van der Waals surface area contributed by atoms with Crippen LogP contribution in [0.25, 0.3) is 0 Å². The number of nitrogens with two attached hydrogens (primary N) is 1. The van der Waals surface area contributed by atoms with Gasteiger partial charge in [0.2, 0.25) is 0 Å². The van der Waals surface area contributed by atoms with Crippen molar-refractivity contribution >= 4 is 21.7 Å². The van der Waals surface area contributed by atoms with Gasteiger partial charge in [-0.25, -0.2) is 4.39 Å². The lowest BCUT2D eigenvalue weighted by Crippen LogP contribution is -2.31. The summed E-state index contributed by atoms with van der Waals surface area (Å²) in [6.07, 6.45) is 1.83. The SMILES string of the molecule is CCCC(N)C(=O)Cc1ccc(F)cc1Br. The fourth-order valence-electron chi connectivity index (χ4n) is 1.46. The first-order valence-corrected chi connectivity index (χ1v) is 6.06. The van der Waals surface area contributed by atoms with Gasteiger partial charge in [0, 0.05) is 10.9 Å². The third kappa shape index (κ3) is 3.68. The van der Waals surface area contributed by atoms with E-state index in [4.69, 9.17) is 5.73 Å². The minimum absolute atomic E-state index is 0.00541. The van der Waals surface area contributed by atoms with E-state index in [0.29, 0.717) is 10.9 Å². The van der Waals surface area contributed by atoms with Crippen molar-refractivity contribution in [2.75, 3.05) is 0 Å². The molecule has 2 N–H and O–H groups in total. The quantitative estimate of drug-likeness (QED) is 0.905. The number of carbonyl (C=O) groups excluding carboxylic acids is 1. The normalized spacial score (nSPS) is 12.5. The molecule has 1 aromatic carbocycles. The lowest BCUT2D eigenvalue weighted by atomic mass is 10.0. The molecular formula is C12H15BrFNO. The van der Waals surface area contributed by atoms with Crippen molar-refractivity contribution in [1.82, 2.24) is 0 Å². The number of carbonyl (C=O) groups is 1. The first kappa shape index (κ1) is 13.3. The Hall–Kier alpha value is -0.740. The van der Waals surface area contributed by atoms with E-state index in [2.05, 4.69) is 15.9 Å². The van der Waals surface area contributed by atoms with Gasteiger partial charge in [0.05, 0.1) is 6.04 Å². The highest BCUT2D eigenvalue weighted by atomic mass is 79.9. The number of hydrogen-bond acceptors (Lipinski definition) is 2. The summed E-state index contributed by atoms with van der Waals surface area (Å²) in [6.45, 7) is 1.99. The molecule has 0 amide bonds. The van der Waals surface area contributed by atoms with Crippen molar-refractivity contribution in [2.24, 2.45) is 5.73 Å². The van der Waals surface area contributed by atoms with Crippen molar-refractivity contribution in [3.63, 3.8) is 0 Å². The minimum atomic E-state index is -0.415. The van der Waals surface area contributed by atoms with Crippen LogP contribution in [0.15, 0.2) is 22.7 Å². The second kappa shape index (κ2) is 6.11. The van der Waals surface area contributed by atoms with Gasteiger partial charge in [0.15, 0.2) is 5.78 Å². The molecule has 0 aromatic heterocycles. The highest BCUT2D eigenvalue weighted by molar-refractivity contribution is 9.10. The largest absolute Gasteiger partial charge is 0.321 e. The maximum absolute atomic E-state index is 12.8. The molecule has 1 unspecified atom stereocenters. The van der Waals surface area contributed by atoms with E-state index >= 15 is 0 Å². The summed E-state index contributed by atoms with van der Waals surface area (Å²) in [7, 11) is 0. The molecule has 88 valence electrons. The fourth-order valence-corrected chi connectivity index (χ4v) is 1.95. The highest BCUT2D eigenvalue weighted by Crippen LogP contribution is 2.19. The second-order valence-corrected chi connectivity index (χ2v) is 4.63. The summed E-state index contributed by atoms with van der Waals surface area (Å²) in [6, 6.07) is 3.89. The summed E-state index contributed by atoms with van der Waals surface area (Å²) in [5.41, 5.74) is 6.49. The fraction of sp³-hybridized carbons (Fsp3) is 0.417. The molecule has 0 aliphatic rings. The smallest absolute Gasteiger partial charge is 0.153 e. The number of benzene rings is 1. The minimum Gasteiger partial charge on any atom is -0.321 e. The zero-order valence-corrected chi connectivity index (χ0v) is 10.8. The van der Waals surface area contributed by atoms with Crippen LogP contribution in [0.2, 0.25) is 0 Å². The van der Waals surface area contributed by atoms with E-state index < -0.39 is 6.04 Å². The van der Waals surface area contributed by atoms with E-state index in [-0.39, 0.29) is 18.0 Å². The molecule has 4 heteroatoms. The average molecular weight is 288 g/mol. The van der Waals surface area contributed by atoms with Gasteiger partial charge in [-0.1, -0.05) is 35.3 Å². The molecule has 1 rings (SSSR count). The van der Waals surface area contributed by atoms with E-state index in [1.807, 2.05) is 6.92 Å². The Bertz CT molecular complexity index is 381. The third-order valence-corrected chi connectivity index (χ3v) is 3.13. The second-order valence-electron chi connectivity index (χ2n) is 3.77. The number of halogens is 2. The molecule has 0 fully saturated rings. The van der Waals surface area contributed by atoms with Gasteiger partial charge in [-0.15, -0.1) is 0 Å². The van der Waals surface area contributed by atoms with Gasteiger partial charge in [0.25, 0.3) is 0 Å². The Balaban J connectivity index is 2.69. The molecule has 2 nitrogen and oxygen atoms in total. The summed E-state index contributed by atoms with van der Waals surface area (Å²) < 4.78 is 13.4. The standard InChI is InChI=1S/C12H15BrFNO/c1-2-3-11(15)12(16)6-8-4-5-9(14)7-10(8)13/h4-5,7,11H,2-3,6,15H2,1H3. The summed E-state index contributed by atoms with van der Waals surface area (Å²) in [5.74, 6) is -0.324. The van der Waals surface area contributed by atoms with E-state index in [1.165, 1.54) is 12.1 Å². The zero-order valence-electron chi connectivity index (χ0n) is 9.17. The molecule has 0 aliphatic carbocycles. The molecule has 1 aromatic rings. The molecule has 16 heavy (non-hydrogen) atoms. The molecule has 0 radical (unpaired) electrons. The number of Topliss-reactive ketones (excluding diaryl/α,β-unsaturated/α-hetero) is 1. The van der Waals surface area contributed by atoms with Gasteiger partial charge in [-0.05, 0) is 24.1 Å². The van der Waals surface area contributed by atoms with Gasteiger partial charge < -0.3 is 5.73 Å². The maximum atomic E-state index is 12.8. The van der Waals surface area contributed by atoms with Crippen LogP contribution in [0, 0.1) is 5.82 Å². The summed E-state index contributed by atoms with van der Waals surface area (Å²) >= 11 is 3.23. The molecule has 0 saturated heterocycles. The van der Waals surface area contributed by atoms with Crippen LogP contribution in [0.5, 0.6) is 0 Å². The zero-order chi connectivity index (χ0) is 12.1. The number of ketones is 1. The molecule has 0 spiro atoms. The van der Waals surface area contributed by atoms with Crippen LogP contribution < -0.4 is 5.73 Å². The van der Waals surface area contributed by atoms with Gasteiger partial charge in [-0.2, -0.15) is 0 Å². The third-order valence-electron chi connectivity index (χ3n) is 2.39. The molecular weight excluding hydrogens is 273 g/mol. The van der Waals surface area contributed by atoms with Crippen molar-refractivity contribution in [2.45, 2.75) is 32.2 Å². The highest BCUT2D eigenvalue weighted by Gasteiger charge is 2.14. The Kier molecular flexibility index (Phi) is 5.09. The van der Waals surface area contributed by atoms with E-state index in [0.717, 1.165) is 12.0 Å². The van der Waals surface area contributed by atoms with Crippen molar-refractivity contribution in [3.8, 4) is 0 Å². The van der Waals surface area contributed by atoms with Crippen LogP contribution >= 0.6 is 15.9 Å². The molecule has 0 saturated carbocycles. The molecule has 1 atom stereocenters. The predicted octanol–water partition coefficient (Wildman–Crippen LogP) is 2.83. The van der Waals surface area contributed by atoms with Crippen LogP contribution in [0.4, 0.5) is 4.39 Å². The van der Waals surface area contributed by atoms with Gasteiger partial charge in [-0.3, -0.25) is 4.79 Å². The average Bonchev–Trinajstić information content (AvgIpc) is 2.22. The Morgan fingerprint density at radius 1 is 1.56 bits per heavy atom. The monoisotopic (exact) mass is 287 g/mol. The Labute approximate surface area is 103 Å². The topological polar surface area (TPSA) is 43.1 Å². The van der Waals surface area contributed by atoms with Crippen LogP contribution in [-0.2, 0) is 11.2 Å². The molecule has 0 bridgehead atoms.